The van der Waals surface area contributed by atoms with E-state index in [0.29, 0.717) is 22.6 Å². The second kappa shape index (κ2) is 13.3. The summed E-state index contributed by atoms with van der Waals surface area (Å²) in [5.41, 5.74) is 4.56. The molecule has 0 aliphatic carbocycles. The third-order valence-electron chi connectivity index (χ3n) is 5.35. The van der Waals surface area contributed by atoms with E-state index in [1.165, 1.54) is 22.5 Å². The molecule has 0 aliphatic heterocycles. The second-order valence-corrected chi connectivity index (χ2v) is 11.1. The fourth-order valence-electron chi connectivity index (χ4n) is 3.61. The van der Waals surface area contributed by atoms with Crippen molar-refractivity contribution >= 4 is 50.8 Å². The van der Waals surface area contributed by atoms with E-state index in [2.05, 4.69) is 47.1 Å². The number of pyridine rings is 1. The summed E-state index contributed by atoms with van der Waals surface area (Å²) in [7, 11) is 0. The van der Waals surface area contributed by atoms with Gasteiger partial charge in [0.1, 0.15) is 4.21 Å². The topological polar surface area (TPSA) is 47.3 Å². The van der Waals surface area contributed by atoms with Crippen LogP contribution in [0.2, 0.25) is 0 Å². The Morgan fingerprint density at radius 2 is 1.67 bits per heavy atom. The third kappa shape index (κ3) is 6.94. The summed E-state index contributed by atoms with van der Waals surface area (Å²) < 4.78 is 9.15. The molecule has 4 rings (SSSR count). The third-order valence-corrected chi connectivity index (χ3v) is 8.43. The summed E-state index contributed by atoms with van der Waals surface area (Å²) in [6.45, 7) is 4.15. The molecule has 0 spiro atoms. The normalized spacial score (nSPS) is 10.5. The number of rotatable bonds is 9. The van der Waals surface area contributed by atoms with Crippen LogP contribution in [-0.4, -0.2) is 18.4 Å². The maximum Gasteiger partial charge on any atom is 0.310 e. The Bertz CT molecular complexity index is 1320. The van der Waals surface area contributed by atoms with Gasteiger partial charge in [-0.3, -0.25) is 9.59 Å². The molecule has 0 N–H and O–H groups in total. The molecule has 2 aromatic heterocycles. The van der Waals surface area contributed by atoms with Crippen molar-refractivity contribution in [2.75, 3.05) is 6.61 Å². The average Bonchev–Trinajstić information content (AvgIpc) is 3.22. The minimum atomic E-state index is -0.344. The van der Waals surface area contributed by atoms with Crippen LogP contribution >= 0.6 is 39.0 Å². The zero-order valence-electron chi connectivity index (χ0n) is 19.9. The number of aryl methyl sites for hydroxylation is 1. The van der Waals surface area contributed by atoms with Gasteiger partial charge in [-0.25, -0.2) is 0 Å². The molecule has 2 aromatic carbocycles. The fraction of sp³-hybridized carbons (Fsp3) is 0.179. The number of carbonyl (C=O) groups excluding carboxylic acids is 2. The molecular weight excluding hydrogens is 622 g/mol. The molecule has 2 heterocycles. The molecule has 0 amide bonds. The zero-order chi connectivity index (χ0) is 24.8. The van der Waals surface area contributed by atoms with Gasteiger partial charge in [0.25, 0.3) is 0 Å². The van der Waals surface area contributed by atoms with Gasteiger partial charge >= 0.3 is 5.97 Å². The number of nitrogens with zero attached hydrogens (tertiary/aromatic N) is 1. The number of thioether (sulfide) groups is 1. The summed E-state index contributed by atoms with van der Waals surface area (Å²) in [4.78, 5) is 26.8. The van der Waals surface area contributed by atoms with Gasteiger partial charge in [-0.2, -0.15) is 4.57 Å². The van der Waals surface area contributed by atoms with E-state index < -0.39 is 0 Å². The lowest BCUT2D eigenvalue weighted by molar-refractivity contribution is -0.598. The lowest BCUT2D eigenvalue weighted by Crippen LogP contribution is -3.00. The number of ether oxygens (including phenoxy) is 1. The first-order valence-corrected chi connectivity index (χ1v) is 13.8. The largest absolute Gasteiger partial charge is 1.00 e. The Labute approximate surface area is 238 Å². The van der Waals surface area contributed by atoms with Gasteiger partial charge in [0.2, 0.25) is 11.5 Å². The number of benzene rings is 2. The molecule has 0 aliphatic rings. The van der Waals surface area contributed by atoms with Crippen LogP contribution in [0, 0.1) is 6.92 Å². The molecule has 0 fully saturated rings. The van der Waals surface area contributed by atoms with Gasteiger partial charge in [-0.1, -0.05) is 51.8 Å². The van der Waals surface area contributed by atoms with E-state index in [-0.39, 0.29) is 35.2 Å². The first-order valence-electron chi connectivity index (χ1n) is 11.2. The van der Waals surface area contributed by atoms with E-state index in [1.54, 1.807) is 30.8 Å². The number of hydrogen-bond donors (Lipinski definition) is 0. The second-order valence-electron chi connectivity index (χ2n) is 7.92. The maximum absolute atomic E-state index is 13.7. The Hall–Kier alpha value is -2.26. The number of carbonyl (C=O) groups is 2. The molecule has 186 valence electrons. The lowest BCUT2D eigenvalue weighted by atomic mass is 10.0. The maximum atomic E-state index is 13.7. The molecule has 4 aromatic rings. The van der Waals surface area contributed by atoms with Gasteiger partial charge in [0, 0.05) is 27.9 Å². The Kier molecular flexibility index (Phi) is 10.5. The van der Waals surface area contributed by atoms with E-state index in [1.807, 2.05) is 47.3 Å². The number of hydrogen-bond acceptors (Lipinski definition) is 5. The summed E-state index contributed by atoms with van der Waals surface area (Å²) in [5, 5.41) is 0. The molecule has 0 saturated carbocycles. The average molecular weight is 647 g/mol. The van der Waals surface area contributed by atoms with Crippen LogP contribution in [0.4, 0.5) is 0 Å². The molecular formula is C28H25Br2NO3S2. The van der Waals surface area contributed by atoms with Crippen LogP contribution in [0.1, 0.15) is 38.8 Å². The van der Waals surface area contributed by atoms with Gasteiger partial charge in [0.15, 0.2) is 12.4 Å². The van der Waals surface area contributed by atoms with Crippen LogP contribution in [0.25, 0.3) is 5.69 Å². The van der Waals surface area contributed by atoms with Crippen molar-refractivity contribution in [1.29, 1.82) is 0 Å². The number of aromatic nitrogens is 1. The lowest BCUT2D eigenvalue weighted by Gasteiger charge is -2.06. The number of ketones is 1. The Morgan fingerprint density at radius 1 is 1.00 bits per heavy atom. The van der Waals surface area contributed by atoms with E-state index in [0.717, 1.165) is 20.1 Å². The standard InChI is InChI=1S/C28H25BrNO3S2.BrH/c1-3-33-24(31)17-23-25(30-15-5-4-6-16-30)28(34-18-20-9-7-19(2)8-10-20)35-27(23)26(32)21-11-13-22(29)14-12-21;/h4-16H,3,17-18H2,1-2H3;1H/q+1;/p-1. The molecule has 0 radical (unpaired) electrons. The Morgan fingerprint density at radius 3 is 2.31 bits per heavy atom. The van der Waals surface area contributed by atoms with Gasteiger partial charge < -0.3 is 21.7 Å². The molecule has 0 bridgehead atoms. The predicted molar refractivity (Wildman–Crippen MR) is 145 cm³/mol. The van der Waals surface area contributed by atoms with E-state index >= 15 is 0 Å². The summed E-state index contributed by atoms with van der Waals surface area (Å²) in [6, 6.07) is 21.6. The Balaban J connectivity index is 0.00000361. The van der Waals surface area contributed by atoms with Crippen molar-refractivity contribution in [3.63, 3.8) is 0 Å². The van der Waals surface area contributed by atoms with Crippen molar-refractivity contribution in [2.24, 2.45) is 0 Å². The highest BCUT2D eigenvalue weighted by molar-refractivity contribution is 9.10. The molecule has 36 heavy (non-hydrogen) atoms. The highest BCUT2D eigenvalue weighted by atomic mass is 79.9. The molecule has 0 unspecified atom stereocenters. The minimum Gasteiger partial charge on any atom is -1.00 e. The monoisotopic (exact) mass is 645 g/mol. The number of esters is 1. The molecule has 8 heteroatoms. The summed E-state index contributed by atoms with van der Waals surface area (Å²) in [6.07, 6.45) is 3.92. The van der Waals surface area contributed by atoms with Crippen LogP contribution in [0.3, 0.4) is 0 Å². The van der Waals surface area contributed by atoms with Crippen LogP contribution in [-0.2, 0) is 21.7 Å². The highest BCUT2D eigenvalue weighted by Gasteiger charge is 2.31. The van der Waals surface area contributed by atoms with Crippen LogP contribution in [0.5, 0.6) is 0 Å². The summed E-state index contributed by atoms with van der Waals surface area (Å²) >= 11 is 6.55. The van der Waals surface area contributed by atoms with Crippen molar-refractivity contribution < 1.29 is 35.9 Å². The van der Waals surface area contributed by atoms with E-state index in [9.17, 15) is 9.59 Å². The van der Waals surface area contributed by atoms with E-state index in [4.69, 9.17) is 4.74 Å². The smallest absolute Gasteiger partial charge is 0.310 e. The molecule has 0 atom stereocenters. The first-order chi connectivity index (χ1) is 17.0. The van der Waals surface area contributed by atoms with Gasteiger partial charge in [-0.05, 0) is 43.7 Å². The molecule has 0 saturated heterocycles. The van der Waals surface area contributed by atoms with Crippen molar-refractivity contribution in [3.8, 4) is 5.69 Å². The highest BCUT2D eigenvalue weighted by Crippen LogP contribution is 2.40. The quantitative estimate of drug-likeness (QED) is 0.120. The van der Waals surface area contributed by atoms with Gasteiger partial charge in [-0.15, -0.1) is 23.1 Å². The summed E-state index contributed by atoms with van der Waals surface area (Å²) in [5.74, 6) is 0.316. The number of halogens is 2. The first kappa shape index (κ1) is 28.3. The predicted octanol–water partition coefficient (Wildman–Crippen LogP) is 3.73. The van der Waals surface area contributed by atoms with Crippen molar-refractivity contribution in [2.45, 2.75) is 30.2 Å². The fourth-order valence-corrected chi connectivity index (χ4v) is 6.41. The van der Waals surface area contributed by atoms with Crippen LogP contribution in [0.15, 0.2) is 87.8 Å². The SMILES string of the molecule is CCOC(=O)Cc1c(C(=O)c2ccc(Br)cc2)sc(SCc2ccc(C)cc2)c1-[n+]1ccccc1.[Br-]. The van der Waals surface area contributed by atoms with Crippen LogP contribution < -0.4 is 21.5 Å². The van der Waals surface area contributed by atoms with Crippen molar-refractivity contribution in [3.05, 3.63) is 111 Å². The molecule has 4 nitrogen and oxygen atoms in total. The minimum absolute atomic E-state index is 0. The van der Waals surface area contributed by atoms with Crippen molar-refractivity contribution in [1.82, 2.24) is 0 Å². The number of thiophene rings is 1. The van der Waals surface area contributed by atoms with Gasteiger partial charge in [0.05, 0.1) is 23.5 Å². The zero-order valence-corrected chi connectivity index (χ0v) is 24.7.